The van der Waals surface area contributed by atoms with Crippen LogP contribution < -0.4 is 4.74 Å². The van der Waals surface area contributed by atoms with Crippen molar-refractivity contribution in [3.8, 4) is 5.75 Å². The zero-order valence-electron chi connectivity index (χ0n) is 19.9. The van der Waals surface area contributed by atoms with E-state index in [2.05, 4.69) is 4.90 Å². The largest absolute Gasteiger partial charge is 0.481 e. The summed E-state index contributed by atoms with van der Waals surface area (Å²) in [6.07, 6.45) is -1.64. The van der Waals surface area contributed by atoms with Crippen LogP contribution in [0, 0.1) is 23.2 Å². The van der Waals surface area contributed by atoms with E-state index < -0.39 is 23.1 Å². The number of likely N-dealkylation sites (tertiary alicyclic amines) is 1. The monoisotopic (exact) mass is 482 g/mol. The smallest absolute Gasteiger partial charge is 0.416 e. The summed E-state index contributed by atoms with van der Waals surface area (Å²) >= 11 is 0. The highest BCUT2D eigenvalue weighted by molar-refractivity contribution is 5.83. The third-order valence-electron chi connectivity index (χ3n) is 8.24. The van der Waals surface area contributed by atoms with Gasteiger partial charge in [0, 0.05) is 18.2 Å². The maximum atomic E-state index is 13.8. The first kappa shape index (κ1) is 24.8. The van der Waals surface area contributed by atoms with Gasteiger partial charge in [0.05, 0.1) is 23.4 Å². The molecule has 2 fully saturated rings. The average molecular weight is 483 g/mol. The van der Waals surface area contributed by atoms with Crippen molar-refractivity contribution < 1.29 is 32.6 Å². The number of carboxylic acid groups (broad SMARTS) is 1. The average Bonchev–Trinajstić information content (AvgIpc) is 3.24. The lowest BCUT2D eigenvalue weighted by atomic mass is 9.74. The highest BCUT2D eigenvalue weighted by Crippen LogP contribution is 2.49. The second-order valence-electron chi connectivity index (χ2n) is 10.5. The number of fused-ring (bicyclic) bond motifs is 1. The van der Waals surface area contributed by atoms with Gasteiger partial charge >= 0.3 is 12.1 Å². The Bertz CT molecular complexity index is 951. The molecule has 1 saturated heterocycles. The second kappa shape index (κ2) is 9.06. The summed E-state index contributed by atoms with van der Waals surface area (Å²) < 4.78 is 45.2. The molecule has 0 aromatic heterocycles. The molecule has 1 amide bonds. The number of carbonyl (C=O) groups is 2. The zero-order valence-corrected chi connectivity index (χ0v) is 19.9. The van der Waals surface area contributed by atoms with E-state index in [1.807, 2.05) is 20.8 Å². The van der Waals surface area contributed by atoms with Crippen molar-refractivity contribution in [2.75, 3.05) is 19.8 Å². The first-order valence-electron chi connectivity index (χ1n) is 12.0. The van der Waals surface area contributed by atoms with Crippen LogP contribution in [0.5, 0.6) is 5.75 Å². The molecule has 0 unspecified atom stereocenters. The summed E-state index contributed by atoms with van der Waals surface area (Å²) in [5.41, 5.74) is -0.991. The molecule has 9 heteroatoms. The third-order valence-corrected chi connectivity index (χ3v) is 8.24. The number of aliphatic carboxylic acids is 1. The highest BCUT2D eigenvalue weighted by atomic mass is 19.4. The topological polar surface area (TPSA) is 70.1 Å². The van der Waals surface area contributed by atoms with Crippen LogP contribution in [0.25, 0.3) is 0 Å². The fourth-order valence-electron chi connectivity index (χ4n) is 6.07. The summed E-state index contributed by atoms with van der Waals surface area (Å²) in [4.78, 5) is 29.2. The van der Waals surface area contributed by atoms with Gasteiger partial charge in [-0.25, -0.2) is 0 Å². The lowest BCUT2D eigenvalue weighted by molar-refractivity contribution is -0.150. The number of carboxylic acids is 1. The molecule has 0 bridgehead atoms. The number of nitrogens with zero attached hydrogens (tertiary/aromatic N) is 2. The van der Waals surface area contributed by atoms with Crippen LogP contribution in [-0.4, -0.2) is 52.6 Å². The molecule has 1 N–H and O–H groups in total. The minimum atomic E-state index is -4.45. The number of hydrogen-bond donors (Lipinski definition) is 1. The van der Waals surface area contributed by atoms with Crippen molar-refractivity contribution in [1.82, 2.24) is 9.80 Å². The molecule has 34 heavy (non-hydrogen) atoms. The number of rotatable bonds is 4. The molecule has 0 spiro atoms. The molecule has 1 aromatic carbocycles. The van der Waals surface area contributed by atoms with E-state index in [0.717, 1.165) is 18.6 Å². The lowest BCUT2D eigenvalue weighted by Crippen LogP contribution is -2.50. The van der Waals surface area contributed by atoms with Crippen LogP contribution in [-0.2, 0) is 22.3 Å². The number of benzene rings is 1. The molecule has 0 radical (unpaired) electrons. The van der Waals surface area contributed by atoms with Crippen molar-refractivity contribution >= 4 is 11.9 Å². The van der Waals surface area contributed by atoms with Crippen molar-refractivity contribution in [3.63, 3.8) is 0 Å². The van der Waals surface area contributed by atoms with Gasteiger partial charge in [-0.05, 0) is 62.3 Å². The molecule has 3 aliphatic rings. The minimum absolute atomic E-state index is 0.0252. The summed E-state index contributed by atoms with van der Waals surface area (Å²) in [5, 5.41) is 9.42. The fraction of sp³-hybridized carbons (Fsp3) is 0.680. The molecule has 2 aliphatic heterocycles. The van der Waals surface area contributed by atoms with E-state index >= 15 is 0 Å². The van der Waals surface area contributed by atoms with E-state index in [0.29, 0.717) is 43.7 Å². The van der Waals surface area contributed by atoms with E-state index in [9.17, 15) is 27.9 Å². The maximum absolute atomic E-state index is 13.8. The second-order valence-corrected chi connectivity index (χ2v) is 10.5. The highest BCUT2D eigenvalue weighted by Gasteiger charge is 2.51. The normalized spacial score (nSPS) is 30.2. The standard InChI is InChI=1S/C25H33F3N2O4/c1-15(2)24(8-6-19(11-24)29-9-7-20(22(31)32)16(3)12-29)23(33)30-13-17-10-18(25(26,27)28)4-5-21(17)34-14-30/h4-5,10,15-16,19-20H,6-9,11-14H2,1-3H3,(H,31,32)/t16-,19+,20+,24-/m0/s1. The van der Waals surface area contributed by atoms with E-state index in [4.69, 9.17) is 4.74 Å². The Kier molecular flexibility index (Phi) is 6.61. The van der Waals surface area contributed by atoms with Crippen LogP contribution in [0.1, 0.15) is 57.6 Å². The number of halogens is 3. The van der Waals surface area contributed by atoms with E-state index in [1.165, 1.54) is 6.07 Å². The predicted molar refractivity (Wildman–Crippen MR) is 119 cm³/mol. The van der Waals surface area contributed by atoms with Crippen LogP contribution in [0.15, 0.2) is 18.2 Å². The number of carbonyl (C=O) groups excluding carboxylic acids is 1. The van der Waals surface area contributed by atoms with Crippen molar-refractivity contribution in [2.24, 2.45) is 23.2 Å². The minimum Gasteiger partial charge on any atom is -0.481 e. The molecule has 1 aromatic rings. The lowest BCUT2D eigenvalue weighted by Gasteiger charge is -2.41. The predicted octanol–water partition coefficient (Wildman–Crippen LogP) is 4.62. The van der Waals surface area contributed by atoms with Crippen LogP contribution in [0.2, 0.25) is 0 Å². The number of hydrogen-bond acceptors (Lipinski definition) is 4. The summed E-state index contributed by atoms with van der Waals surface area (Å²) in [5.74, 6) is -0.657. The van der Waals surface area contributed by atoms with E-state index in [1.54, 1.807) is 4.90 Å². The Balaban J connectivity index is 1.49. The Morgan fingerprint density at radius 1 is 1.24 bits per heavy atom. The Hall–Kier alpha value is -2.29. The van der Waals surface area contributed by atoms with Crippen LogP contribution in [0.3, 0.4) is 0 Å². The molecule has 2 heterocycles. The van der Waals surface area contributed by atoms with Gasteiger partial charge in [0.15, 0.2) is 6.73 Å². The number of ether oxygens (including phenoxy) is 1. The van der Waals surface area contributed by atoms with Gasteiger partial charge in [-0.15, -0.1) is 0 Å². The summed E-state index contributed by atoms with van der Waals surface area (Å²) in [6, 6.07) is 3.59. The molecule has 1 saturated carbocycles. The third kappa shape index (κ3) is 4.51. The number of piperidine rings is 1. The van der Waals surface area contributed by atoms with Gasteiger partial charge in [-0.3, -0.25) is 9.59 Å². The number of alkyl halides is 3. The quantitative estimate of drug-likeness (QED) is 0.678. The van der Waals surface area contributed by atoms with Crippen LogP contribution in [0.4, 0.5) is 13.2 Å². The Morgan fingerprint density at radius 3 is 2.59 bits per heavy atom. The Morgan fingerprint density at radius 2 is 1.97 bits per heavy atom. The first-order valence-corrected chi connectivity index (χ1v) is 12.0. The maximum Gasteiger partial charge on any atom is 0.416 e. The molecular weight excluding hydrogens is 449 g/mol. The summed E-state index contributed by atoms with van der Waals surface area (Å²) in [6.45, 7) is 7.55. The van der Waals surface area contributed by atoms with Gasteiger partial charge < -0.3 is 19.6 Å². The Labute approximate surface area is 198 Å². The van der Waals surface area contributed by atoms with Gasteiger partial charge in [-0.1, -0.05) is 20.8 Å². The molecule has 188 valence electrons. The fourth-order valence-corrected chi connectivity index (χ4v) is 6.07. The molecule has 4 rings (SSSR count). The molecular formula is C25H33F3N2O4. The van der Waals surface area contributed by atoms with E-state index in [-0.39, 0.29) is 43.0 Å². The van der Waals surface area contributed by atoms with Gasteiger partial charge in [0.2, 0.25) is 5.91 Å². The zero-order chi connectivity index (χ0) is 24.8. The first-order chi connectivity index (χ1) is 15.9. The van der Waals surface area contributed by atoms with Gasteiger partial charge in [-0.2, -0.15) is 13.2 Å². The SMILES string of the molecule is CC(C)[C@]1(C(=O)N2COc3ccc(C(F)(F)F)cc3C2)CC[C@@H](N2CC[C@@H](C(=O)O)[C@@H](C)C2)C1. The molecule has 4 atom stereocenters. The number of amides is 1. The van der Waals surface area contributed by atoms with Crippen molar-refractivity contribution in [1.29, 1.82) is 0 Å². The molecule has 1 aliphatic carbocycles. The van der Waals surface area contributed by atoms with Crippen LogP contribution >= 0.6 is 0 Å². The van der Waals surface area contributed by atoms with Gasteiger partial charge in [0.25, 0.3) is 0 Å². The van der Waals surface area contributed by atoms with Crippen molar-refractivity contribution in [2.45, 2.75) is 65.2 Å². The summed E-state index contributed by atoms with van der Waals surface area (Å²) in [7, 11) is 0. The van der Waals surface area contributed by atoms with Gasteiger partial charge in [0.1, 0.15) is 5.75 Å². The van der Waals surface area contributed by atoms with Crippen molar-refractivity contribution in [3.05, 3.63) is 29.3 Å². The molecule has 6 nitrogen and oxygen atoms in total.